The molecule has 4 heterocycles. The van der Waals surface area contributed by atoms with Gasteiger partial charge in [0.1, 0.15) is 23.5 Å². The van der Waals surface area contributed by atoms with Crippen LogP contribution in [0.3, 0.4) is 0 Å². The molecular formula is C19H23N5O2. The number of rotatable bonds is 4. The van der Waals surface area contributed by atoms with E-state index in [1.807, 2.05) is 32.2 Å². The summed E-state index contributed by atoms with van der Waals surface area (Å²) in [5.74, 6) is 2.60. The summed E-state index contributed by atoms with van der Waals surface area (Å²) in [6.07, 6.45) is 3.81. The Kier molecular flexibility index (Phi) is 4.36. The molecule has 7 nitrogen and oxygen atoms in total. The maximum Gasteiger partial charge on any atom is 0.253 e. The molecule has 0 atom stereocenters. The van der Waals surface area contributed by atoms with Crippen LogP contribution in [-0.4, -0.2) is 42.1 Å². The Morgan fingerprint density at radius 3 is 2.81 bits per heavy atom. The molecule has 2 aromatic rings. The Balaban J connectivity index is 1.40. The van der Waals surface area contributed by atoms with E-state index in [0.717, 1.165) is 54.6 Å². The summed E-state index contributed by atoms with van der Waals surface area (Å²) in [6.45, 7) is 4.32. The highest BCUT2D eigenvalue weighted by molar-refractivity contribution is 5.98. The van der Waals surface area contributed by atoms with Crippen molar-refractivity contribution in [3.63, 3.8) is 0 Å². The van der Waals surface area contributed by atoms with E-state index in [4.69, 9.17) is 9.72 Å². The number of fused-ring (bicyclic) bond motifs is 1. The van der Waals surface area contributed by atoms with E-state index in [9.17, 15) is 4.79 Å². The van der Waals surface area contributed by atoms with Gasteiger partial charge in [0.05, 0.1) is 24.0 Å². The quantitative estimate of drug-likeness (QED) is 0.876. The second-order valence-corrected chi connectivity index (χ2v) is 6.74. The highest BCUT2D eigenvalue weighted by Crippen LogP contribution is 2.27. The second-order valence-electron chi connectivity index (χ2n) is 6.74. The Bertz CT molecular complexity index is 813. The SMILES string of the molecule is CNc1ccc(OC2CCN(c3nc4c(cc3C)C(=O)NC4)CC2)cn1. The van der Waals surface area contributed by atoms with Crippen LogP contribution in [0.5, 0.6) is 5.75 Å². The number of ether oxygens (including phenoxy) is 1. The molecule has 1 saturated heterocycles. The first-order chi connectivity index (χ1) is 12.6. The summed E-state index contributed by atoms with van der Waals surface area (Å²) < 4.78 is 6.07. The standard InChI is InChI=1S/C19H23N5O2/c1-12-9-15-16(11-22-19(15)25)23-18(12)24-7-5-13(6-8-24)26-14-3-4-17(20-2)21-10-14/h3-4,9-10,13H,5-8,11H2,1-2H3,(H,20,21)(H,22,25). The summed E-state index contributed by atoms with van der Waals surface area (Å²) in [5, 5.41) is 5.84. The Labute approximate surface area is 152 Å². The number of pyridine rings is 2. The molecule has 2 aliphatic heterocycles. The summed E-state index contributed by atoms with van der Waals surface area (Å²) in [6, 6.07) is 5.82. The smallest absolute Gasteiger partial charge is 0.253 e. The fourth-order valence-electron chi connectivity index (χ4n) is 3.53. The maximum absolute atomic E-state index is 11.8. The fraction of sp³-hybridized carbons (Fsp3) is 0.421. The first-order valence-electron chi connectivity index (χ1n) is 8.98. The molecule has 2 N–H and O–H groups in total. The molecular weight excluding hydrogens is 330 g/mol. The number of aryl methyl sites for hydroxylation is 1. The Hall–Kier alpha value is -2.83. The minimum Gasteiger partial charge on any atom is -0.489 e. The average molecular weight is 353 g/mol. The number of aromatic nitrogens is 2. The van der Waals surface area contributed by atoms with Crippen LogP contribution >= 0.6 is 0 Å². The van der Waals surface area contributed by atoms with E-state index >= 15 is 0 Å². The molecule has 0 saturated carbocycles. The third kappa shape index (κ3) is 3.16. The number of nitrogens with zero attached hydrogens (tertiary/aromatic N) is 3. The van der Waals surface area contributed by atoms with Crippen LogP contribution in [0.4, 0.5) is 11.6 Å². The third-order valence-corrected chi connectivity index (χ3v) is 4.96. The molecule has 136 valence electrons. The number of carbonyl (C=O) groups excluding carboxylic acids is 1. The largest absolute Gasteiger partial charge is 0.489 e. The summed E-state index contributed by atoms with van der Waals surface area (Å²) >= 11 is 0. The summed E-state index contributed by atoms with van der Waals surface area (Å²) in [7, 11) is 1.85. The van der Waals surface area contributed by atoms with E-state index in [2.05, 4.69) is 20.5 Å². The number of hydrogen-bond acceptors (Lipinski definition) is 6. The number of carbonyl (C=O) groups is 1. The Morgan fingerprint density at radius 1 is 1.31 bits per heavy atom. The molecule has 2 aromatic heterocycles. The second kappa shape index (κ2) is 6.82. The minimum absolute atomic E-state index is 0.0211. The fourth-order valence-corrected chi connectivity index (χ4v) is 3.53. The lowest BCUT2D eigenvalue weighted by molar-refractivity contribution is 0.0965. The normalized spacial score (nSPS) is 17.0. The zero-order chi connectivity index (χ0) is 18.1. The lowest BCUT2D eigenvalue weighted by Gasteiger charge is -2.33. The highest BCUT2D eigenvalue weighted by atomic mass is 16.5. The van der Waals surface area contributed by atoms with E-state index < -0.39 is 0 Å². The van der Waals surface area contributed by atoms with Gasteiger partial charge in [-0.25, -0.2) is 9.97 Å². The lowest BCUT2D eigenvalue weighted by atomic mass is 10.1. The molecule has 0 aromatic carbocycles. The molecule has 0 unspecified atom stereocenters. The molecule has 7 heteroatoms. The van der Waals surface area contributed by atoms with Crippen LogP contribution in [0.1, 0.15) is 34.5 Å². The zero-order valence-electron chi connectivity index (χ0n) is 15.1. The topological polar surface area (TPSA) is 79.4 Å². The van der Waals surface area contributed by atoms with E-state index in [0.29, 0.717) is 12.1 Å². The first kappa shape index (κ1) is 16.6. The predicted octanol–water partition coefficient (Wildman–Crippen LogP) is 2.12. The van der Waals surface area contributed by atoms with Crippen molar-refractivity contribution in [1.82, 2.24) is 15.3 Å². The third-order valence-electron chi connectivity index (χ3n) is 4.96. The molecule has 0 spiro atoms. The van der Waals surface area contributed by atoms with Crippen molar-refractivity contribution < 1.29 is 9.53 Å². The average Bonchev–Trinajstić information content (AvgIpc) is 3.02. The predicted molar refractivity (Wildman–Crippen MR) is 99.8 cm³/mol. The van der Waals surface area contributed by atoms with E-state index in [1.54, 1.807) is 6.20 Å². The van der Waals surface area contributed by atoms with Gasteiger partial charge in [-0.3, -0.25) is 4.79 Å². The van der Waals surface area contributed by atoms with Gasteiger partial charge in [0.2, 0.25) is 0 Å². The van der Waals surface area contributed by atoms with Crippen LogP contribution in [0.15, 0.2) is 24.4 Å². The summed E-state index contributed by atoms with van der Waals surface area (Å²) in [4.78, 5) is 23.1. The molecule has 0 aliphatic carbocycles. The Morgan fingerprint density at radius 2 is 2.12 bits per heavy atom. The van der Waals surface area contributed by atoms with Crippen molar-refractivity contribution in [2.75, 3.05) is 30.4 Å². The molecule has 0 bridgehead atoms. The van der Waals surface area contributed by atoms with Crippen LogP contribution in [0.2, 0.25) is 0 Å². The van der Waals surface area contributed by atoms with Gasteiger partial charge in [0.15, 0.2) is 0 Å². The van der Waals surface area contributed by atoms with Crippen molar-refractivity contribution in [2.24, 2.45) is 0 Å². The van der Waals surface area contributed by atoms with Crippen molar-refractivity contribution in [3.8, 4) is 5.75 Å². The van der Waals surface area contributed by atoms with Crippen molar-refractivity contribution in [2.45, 2.75) is 32.4 Å². The van der Waals surface area contributed by atoms with Gasteiger partial charge in [-0.05, 0) is 30.7 Å². The van der Waals surface area contributed by atoms with Gasteiger partial charge in [-0.2, -0.15) is 0 Å². The molecule has 26 heavy (non-hydrogen) atoms. The zero-order valence-corrected chi connectivity index (χ0v) is 15.1. The number of nitrogens with one attached hydrogen (secondary N) is 2. The van der Waals surface area contributed by atoms with Crippen LogP contribution in [0, 0.1) is 6.92 Å². The van der Waals surface area contributed by atoms with Gasteiger partial charge in [0, 0.05) is 33.0 Å². The lowest BCUT2D eigenvalue weighted by Crippen LogP contribution is -2.39. The van der Waals surface area contributed by atoms with Crippen LogP contribution in [0.25, 0.3) is 0 Å². The highest BCUT2D eigenvalue weighted by Gasteiger charge is 2.26. The number of anilines is 2. The van der Waals surface area contributed by atoms with Gasteiger partial charge < -0.3 is 20.3 Å². The number of amides is 1. The van der Waals surface area contributed by atoms with E-state index in [-0.39, 0.29) is 12.0 Å². The number of piperidine rings is 1. The van der Waals surface area contributed by atoms with Crippen molar-refractivity contribution >= 4 is 17.5 Å². The first-order valence-corrected chi connectivity index (χ1v) is 8.98. The van der Waals surface area contributed by atoms with Gasteiger partial charge in [-0.15, -0.1) is 0 Å². The van der Waals surface area contributed by atoms with Gasteiger partial charge in [0.25, 0.3) is 5.91 Å². The van der Waals surface area contributed by atoms with Gasteiger partial charge >= 0.3 is 0 Å². The number of hydrogen-bond donors (Lipinski definition) is 2. The van der Waals surface area contributed by atoms with Crippen molar-refractivity contribution in [1.29, 1.82) is 0 Å². The molecule has 1 amide bonds. The minimum atomic E-state index is -0.0211. The molecule has 4 rings (SSSR count). The maximum atomic E-state index is 11.8. The molecule has 0 radical (unpaired) electrons. The van der Waals surface area contributed by atoms with Gasteiger partial charge in [-0.1, -0.05) is 0 Å². The molecule has 2 aliphatic rings. The summed E-state index contributed by atoms with van der Waals surface area (Å²) in [5.41, 5.74) is 2.61. The van der Waals surface area contributed by atoms with E-state index in [1.165, 1.54) is 0 Å². The monoisotopic (exact) mass is 353 g/mol. The van der Waals surface area contributed by atoms with Crippen LogP contribution in [-0.2, 0) is 6.54 Å². The molecule has 1 fully saturated rings. The van der Waals surface area contributed by atoms with Crippen LogP contribution < -0.4 is 20.3 Å². The van der Waals surface area contributed by atoms with Crippen molar-refractivity contribution in [3.05, 3.63) is 41.2 Å².